The Balaban J connectivity index is 2.45. The minimum absolute atomic E-state index is 0.0375. The summed E-state index contributed by atoms with van der Waals surface area (Å²) < 4.78 is 29.0. The number of hydrogen-bond acceptors (Lipinski definition) is 5. The monoisotopic (exact) mass is 301 g/mol. The first kappa shape index (κ1) is 13.6. The van der Waals surface area contributed by atoms with Crippen LogP contribution in [0.1, 0.15) is 16.1 Å². The van der Waals surface area contributed by atoms with Gasteiger partial charge in [-0.3, -0.25) is 0 Å². The van der Waals surface area contributed by atoms with E-state index in [4.69, 9.17) is 21.2 Å². The smallest absolute Gasteiger partial charge is 0.335 e. The van der Waals surface area contributed by atoms with Crippen molar-refractivity contribution in [2.45, 2.75) is 10.6 Å². The Morgan fingerprint density at radius 1 is 1.37 bits per heavy atom. The highest BCUT2D eigenvalue weighted by Crippen LogP contribution is 2.26. The van der Waals surface area contributed by atoms with Crippen molar-refractivity contribution in [3.8, 4) is 0 Å². The first-order chi connectivity index (χ1) is 8.90. The summed E-state index contributed by atoms with van der Waals surface area (Å²) in [6, 6.07) is 4.90. The van der Waals surface area contributed by atoms with Gasteiger partial charge >= 0.3 is 5.97 Å². The van der Waals surface area contributed by atoms with Gasteiger partial charge in [0.2, 0.25) is 0 Å². The Morgan fingerprint density at radius 3 is 2.68 bits per heavy atom. The zero-order valence-corrected chi connectivity index (χ0v) is 11.0. The summed E-state index contributed by atoms with van der Waals surface area (Å²) in [5.74, 6) is -1.51. The van der Waals surface area contributed by atoms with Gasteiger partial charge in [0.05, 0.1) is 21.7 Å². The summed E-state index contributed by atoms with van der Waals surface area (Å²) in [4.78, 5) is 10.6. The van der Waals surface area contributed by atoms with Crippen molar-refractivity contribution in [2.24, 2.45) is 0 Å². The normalized spacial score (nSPS) is 11.4. The summed E-state index contributed by atoms with van der Waals surface area (Å²) in [7, 11) is -3.80. The van der Waals surface area contributed by atoms with Gasteiger partial charge in [0, 0.05) is 6.07 Å². The number of carboxylic acids is 1. The highest BCUT2D eigenvalue weighted by atomic mass is 35.5. The van der Waals surface area contributed by atoms with E-state index in [9.17, 15) is 13.2 Å². The second-order valence-corrected chi connectivity index (χ2v) is 6.05. The van der Waals surface area contributed by atoms with Gasteiger partial charge in [0.15, 0.2) is 15.6 Å². The molecule has 0 bridgehead atoms. The largest absolute Gasteiger partial charge is 0.478 e. The van der Waals surface area contributed by atoms with Crippen molar-refractivity contribution in [3.63, 3.8) is 0 Å². The lowest BCUT2D eigenvalue weighted by atomic mass is 10.2. The fraction of sp³-hybridized carbons (Fsp3) is 0.0909. The number of aromatic nitrogens is 1. The van der Waals surface area contributed by atoms with Crippen molar-refractivity contribution in [3.05, 3.63) is 46.8 Å². The lowest BCUT2D eigenvalue weighted by Crippen LogP contribution is -2.07. The molecule has 0 amide bonds. The van der Waals surface area contributed by atoms with Crippen LogP contribution in [-0.2, 0) is 15.6 Å². The van der Waals surface area contributed by atoms with E-state index in [1.807, 2.05) is 0 Å². The average molecular weight is 302 g/mol. The van der Waals surface area contributed by atoms with E-state index in [1.165, 1.54) is 24.4 Å². The van der Waals surface area contributed by atoms with Crippen LogP contribution in [0.3, 0.4) is 0 Å². The molecular weight excluding hydrogens is 294 g/mol. The molecule has 0 saturated heterocycles. The number of hydrogen-bond donors (Lipinski definition) is 1. The van der Waals surface area contributed by atoms with Crippen LogP contribution in [0.15, 0.2) is 39.9 Å². The number of rotatable bonds is 4. The van der Waals surface area contributed by atoms with Crippen LogP contribution in [0.2, 0.25) is 5.02 Å². The lowest BCUT2D eigenvalue weighted by molar-refractivity contribution is 0.0696. The molecule has 0 unspecified atom stereocenters. The van der Waals surface area contributed by atoms with E-state index in [1.54, 1.807) is 0 Å². The molecule has 2 rings (SSSR count). The topological polar surface area (TPSA) is 97.5 Å². The molecule has 6 nitrogen and oxygen atoms in total. The number of aromatic carboxylic acids is 1. The second kappa shape index (κ2) is 5.02. The van der Waals surface area contributed by atoms with E-state index >= 15 is 0 Å². The van der Waals surface area contributed by atoms with Crippen LogP contribution < -0.4 is 0 Å². The minimum Gasteiger partial charge on any atom is -0.478 e. The highest BCUT2D eigenvalue weighted by molar-refractivity contribution is 7.90. The number of halogens is 1. The Labute approximate surface area is 113 Å². The Bertz CT molecular complexity index is 709. The maximum atomic E-state index is 12.1. The standard InChI is InChI=1S/C11H8ClNO5S/c12-9-2-1-7(11(14)15)5-10(9)19(16,17)6-8-3-4-13-18-8/h1-5H,6H2,(H,14,15). The van der Waals surface area contributed by atoms with Crippen molar-refractivity contribution in [2.75, 3.05) is 0 Å². The molecule has 0 radical (unpaired) electrons. The summed E-state index contributed by atoms with van der Waals surface area (Å²) in [5, 5.41) is 12.2. The maximum absolute atomic E-state index is 12.1. The predicted molar refractivity (Wildman–Crippen MR) is 65.8 cm³/mol. The summed E-state index contributed by atoms with van der Waals surface area (Å²) in [5.41, 5.74) is -0.152. The fourth-order valence-corrected chi connectivity index (χ4v) is 3.28. The van der Waals surface area contributed by atoms with Crippen LogP contribution >= 0.6 is 11.6 Å². The van der Waals surface area contributed by atoms with Gasteiger partial charge in [-0.1, -0.05) is 16.8 Å². The molecule has 2 aromatic rings. The zero-order chi connectivity index (χ0) is 14.0. The van der Waals surface area contributed by atoms with E-state index in [0.29, 0.717) is 0 Å². The van der Waals surface area contributed by atoms with Crippen molar-refractivity contribution in [1.29, 1.82) is 0 Å². The third kappa shape index (κ3) is 2.94. The van der Waals surface area contributed by atoms with Crippen LogP contribution in [0.25, 0.3) is 0 Å². The molecule has 0 aliphatic carbocycles. The molecule has 8 heteroatoms. The molecule has 0 fully saturated rings. The van der Waals surface area contributed by atoms with E-state index < -0.39 is 21.6 Å². The second-order valence-electron chi connectivity index (χ2n) is 3.69. The van der Waals surface area contributed by atoms with E-state index in [2.05, 4.69) is 5.16 Å². The minimum atomic E-state index is -3.80. The SMILES string of the molecule is O=C(O)c1ccc(Cl)c(S(=O)(=O)Cc2ccno2)c1. The van der Waals surface area contributed by atoms with Gasteiger partial charge in [-0.15, -0.1) is 0 Å². The molecule has 1 heterocycles. The molecule has 0 saturated carbocycles. The number of sulfone groups is 1. The first-order valence-electron chi connectivity index (χ1n) is 5.05. The molecule has 1 aromatic heterocycles. The Hall–Kier alpha value is -1.86. The quantitative estimate of drug-likeness (QED) is 0.927. The highest BCUT2D eigenvalue weighted by Gasteiger charge is 2.22. The van der Waals surface area contributed by atoms with Gasteiger partial charge < -0.3 is 9.63 Å². The Kier molecular flexibility index (Phi) is 3.59. The number of carbonyl (C=O) groups is 1. The molecule has 100 valence electrons. The molecular formula is C11H8ClNO5S. The van der Waals surface area contributed by atoms with Crippen LogP contribution in [0, 0.1) is 0 Å². The average Bonchev–Trinajstić information content (AvgIpc) is 2.81. The first-order valence-corrected chi connectivity index (χ1v) is 7.08. The molecule has 1 aromatic carbocycles. The number of benzene rings is 1. The van der Waals surface area contributed by atoms with Crippen molar-refractivity contribution >= 4 is 27.4 Å². The Morgan fingerprint density at radius 2 is 2.11 bits per heavy atom. The molecule has 0 spiro atoms. The third-order valence-electron chi connectivity index (χ3n) is 2.34. The maximum Gasteiger partial charge on any atom is 0.335 e. The lowest BCUT2D eigenvalue weighted by Gasteiger charge is -2.06. The van der Waals surface area contributed by atoms with E-state index in [-0.39, 0.29) is 21.2 Å². The van der Waals surface area contributed by atoms with Crippen LogP contribution in [0.4, 0.5) is 0 Å². The van der Waals surface area contributed by atoms with Gasteiger partial charge in [0.1, 0.15) is 5.75 Å². The fourth-order valence-electron chi connectivity index (χ4n) is 1.46. The zero-order valence-electron chi connectivity index (χ0n) is 9.41. The van der Waals surface area contributed by atoms with Crippen LogP contribution in [0.5, 0.6) is 0 Å². The molecule has 0 aliphatic heterocycles. The van der Waals surface area contributed by atoms with Crippen LogP contribution in [-0.4, -0.2) is 24.7 Å². The summed E-state index contributed by atoms with van der Waals surface area (Å²) in [6.07, 6.45) is 1.32. The third-order valence-corrected chi connectivity index (χ3v) is 4.45. The van der Waals surface area contributed by atoms with Gasteiger partial charge in [-0.2, -0.15) is 0 Å². The molecule has 0 aliphatic rings. The van der Waals surface area contributed by atoms with Gasteiger partial charge in [-0.25, -0.2) is 13.2 Å². The van der Waals surface area contributed by atoms with E-state index in [0.717, 1.165) is 6.07 Å². The van der Waals surface area contributed by atoms with Gasteiger partial charge in [0.25, 0.3) is 0 Å². The van der Waals surface area contributed by atoms with Crippen molar-refractivity contribution < 1.29 is 22.8 Å². The number of nitrogens with zero attached hydrogens (tertiary/aromatic N) is 1. The predicted octanol–water partition coefficient (Wildman–Crippen LogP) is 2.00. The summed E-state index contributed by atoms with van der Waals surface area (Å²) >= 11 is 5.81. The molecule has 0 atom stereocenters. The molecule has 1 N–H and O–H groups in total. The molecule has 19 heavy (non-hydrogen) atoms. The van der Waals surface area contributed by atoms with Crippen molar-refractivity contribution in [1.82, 2.24) is 5.16 Å². The number of carboxylic acid groups (broad SMARTS) is 1. The van der Waals surface area contributed by atoms with Gasteiger partial charge in [-0.05, 0) is 18.2 Å². The summed E-state index contributed by atoms with van der Waals surface area (Å²) in [6.45, 7) is 0.